The highest BCUT2D eigenvalue weighted by Crippen LogP contribution is 2.15. The van der Waals surface area contributed by atoms with Crippen molar-refractivity contribution in [2.45, 2.75) is 24.3 Å². The predicted molar refractivity (Wildman–Crippen MR) is 77.1 cm³/mol. The first-order valence-corrected chi connectivity index (χ1v) is 8.01. The molecule has 0 aromatic heterocycles. The minimum atomic E-state index is -3.41. The van der Waals surface area contributed by atoms with Gasteiger partial charge in [0.2, 0.25) is 10.0 Å². The third-order valence-electron chi connectivity index (χ3n) is 2.49. The molecule has 0 aliphatic heterocycles. The first-order chi connectivity index (χ1) is 8.31. The molecule has 0 amide bonds. The number of nitrogens with zero attached hydrogens (tertiary/aromatic N) is 1. The van der Waals surface area contributed by atoms with Gasteiger partial charge in [0.1, 0.15) is 0 Å². The van der Waals surface area contributed by atoms with Crippen LogP contribution in [0.3, 0.4) is 0 Å². The largest absolute Gasteiger partial charge is 0.309 e. The molecule has 1 aromatic carbocycles. The maximum absolute atomic E-state index is 12.1. The monoisotopic (exact) mass is 334 g/mol. The van der Waals surface area contributed by atoms with E-state index in [1.54, 1.807) is 24.3 Å². The van der Waals surface area contributed by atoms with Gasteiger partial charge in [0, 0.05) is 10.5 Å². The SMILES string of the molecule is CC(CCN(C)C)NS(=O)(=O)c1ccc(Br)cc1. The Morgan fingerprint density at radius 3 is 2.33 bits per heavy atom. The van der Waals surface area contributed by atoms with Gasteiger partial charge in [-0.2, -0.15) is 0 Å². The van der Waals surface area contributed by atoms with Crippen molar-refractivity contribution in [1.82, 2.24) is 9.62 Å². The summed E-state index contributed by atoms with van der Waals surface area (Å²) in [5, 5.41) is 0. The lowest BCUT2D eigenvalue weighted by Crippen LogP contribution is -2.34. The average molecular weight is 335 g/mol. The fourth-order valence-electron chi connectivity index (χ4n) is 1.46. The lowest BCUT2D eigenvalue weighted by Gasteiger charge is -2.16. The molecule has 1 atom stereocenters. The first-order valence-electron chi connectivity index (χ1n) is 5.74. The molecule has 6 heteroatoms. The maximum Gasteiger partial charge on any atom is 0.240 e. The second kappa shape index (κ2) is 6.65. The standard InChI is InChI=1S/C12H19BrN2O2S/c1-10(8-9-15(2)3)14-18(16,17)12-6-4-11(13)5-7-12/h4-7,10,14H,8-9H2,1-3H3. The predicted octanol–water partition coefficient (Wildman–Crippen LogP) is 2.07. The summed E-state index contributed by atoms with van der Waals surface area (Å²) in [4.78, 5) is 2.33. The highest BCUT2D eigenvalue weighted by atomic mass is 79.9. The topological polar surface area (TPSA) is 49.4 Å². The van der Waals surface area contributed by atoms with E-state index < -0.39 is 10.0 Å². The lowest BCUT2D eigenvalue weighted by atomic mass is 10.2. The zero-order valence-corrected chi connectivity index (χ0v) is 13.3. The highest BCUT2D eigenvalue weighted by molar-refractivity contribution is 9.10. The molecule has 4 nitrogen and oxygen atoms in total. The van der Waals surface area contributed by atoms with Gasteiger partial charge in [-0.25, -0.2) is 13.1 Å². The summed E-state index contributed by atoms with van der Waals surface area (Å²) in [6, 6.07) is 6.54. The second-order valence-electron chi connectivity index (χ2n) is 4.57. The van der Waals surface area contributed by atoms with Crippen LogP contribution >= 0.6 is 15.9 Å². The summed E-state index contributed by atoms with van der Waals surface area (Å²) in [5.74, 6) is 0. The quantitative estimate of drug-likeness (QED) is 0.866. The molecule has 1 unspecified atom stereocenters. The average Bonchev–Trinajstić information content (AvgIpc) is 2.26. The maximum atomic E-state index is 12.1. The number of benzene rings is 1. The minimum absolute atomic E-state index is 0.0824. The van der Waals surface area contributed by atoms with Gasteiger partial charge in [-0.3, -0.25) is 0 Å². The third-order valence-corrected chi connectivity index (χ3v) is 4.62. The molecule has 0 aliphatic rings. The fourth-order valence-corrected chi connectivity index (χ4v) is 3.00. The zero-order valence-electron chi connectivity index (χ0n) is 10.9. The third kappa shape index (κ3) is 5.06. The molecule has 102 valence electrons. The van der Waals surface area contributed by atoms with Crippen molar-refractivity contribution in [2.24, 2.45) is 0 Å². The molecule has 0 spiro atoms. The molecule has 1 N–H and O–H groups in total. The number of halogens is 1. The van der Waals surface area contributed by atoms with Crippen LogP contribution in [0.2, 0.25) is 0 Å². The van der Waals surface area contributed by atoms with Gasteiger partial charge in [-0.15, -0.1) is 0 Å². The van der Waals surface area contributed by atoms with Crippen molar-refractivity contribution in [3.8, 4) is 0 Å². The zero-order chi connectivity index (χ0) is 13.8. The highest BCUT2D eigenvalue weighted by Gasteiger charge is 2.16. The van der Waals surface area contributed by atoms with Crippen molar-refractivity contribution in [3.05, 3.63) is 28.7 Å². The van der Waals surface area contributed by atoms with Gasteiger partial charge in [0.15, 0.2) is 0 Å². The van der Waals surface area contributed by atoms with E-state index in [0.29, 0.717) is 4.90 Å². The Bertz CT molecular complexity index is 471. The Morgan fingerprint density at radius 1 is 1.28 bits per heavy atom. The molecular weight excluding hydrogens is 316 g/mol. The van der Waals surface area contributed by atoms with Crippen LogP contribution in [0.5, 0.6) is 0 Å². The van der Waals surface area contributed by atoms with Crippen molar-refractivity contribution in [1.29, 1.82) is 0 Å². The van der Waals surface area contributed by atoms with Gasteiger partial charge in [-0.05, 0) is 58.3 Å². The van der Waals surface area contributed by atoms with Crippen molar-refractivity contribution in [3.63, 3.8) is 0 Å². The summed E-state index contributed by atoms with van der Waals surface area (Å²) < 4.78 is 27.7. The normalized spacial score (nSPS) is 13.8. The number of rotatable bonds is 6. The first kappa shape index (κ1) is 15.6. The van der Waals surface area contributed by atoms with E-state index in [-0.39, 0.29) is 6.04 Å². The van der Waals surface area contributed by atoms with E-state index in [4.69, 9.17) is 0 Å². The van der Waals surface area contributed by atoms with E-state index in [0.717, 1.165) is 17.4 Å². The van der Waals surface area contributed by atoms with Gasteiger partial charge in [0.05, 0.1) is 4.90 Å². The Labute approximate surface area is 118 Å². The molecule has 0 heterocycles. The van der Waals surface area contributed by atoms with Crippen LogP contribution in [0.4, 0.5) is 0 Å². The second-order valence-corrected chi connectivity index (χ2v) is 7.20. The summed E-state index contributed by atoms with van der Waals surface area (Å²) in [6.45, 7) is 2.73. The molecular formula is C12H19BrN2O2S. The molecule has 1 rings (SSSR count). The van der Waals surface area contributed by atoms with Gasteiger partial charge in [0.25, 0.3) is 0 Å². The van der Waals surface area contributed by atoms with Gasteiger partial charge < -0.3 is 4.90 Å². The summed E-state index contributed by atoms with van der Waals surface area (Å²) >= 11 is 3.28. The number of hydrogen-bond acceptors (Lipinski definition) is 3. The number of sulfonamides is 1. The summed E-state index contributed by atoms with van der Waals surface area (Å²) in [5.41, 5.74) is 0. The van der Waals surface area contributed by atoms with Gasteiger partial charge >= 0.3 is 0 Å². The van der Waals surface area contributed by atoms with Crippen LogP contribution in [0.1, 0.15) is 13.3 Å². The Kier molecular flexibility index (Phi) is 5.78. The Balaban J connectivity index is 2.67. The Hall–Kier alpha value is -0.430. The van der Waals surface area contributed by atoms with Crippen molar-refractivity contribution < 1.29 is 8.42 Å². The minimum Gasteiger partial charge on any atom is -0.309 e. The van der Waals surface area contributed by atoms with Crippen LogP contribution in [-0.2, 0) is 10.0 Å². The molecule has 0 aliphatic carbocycles. The van der Waals surface area contributed by atoms with E-state index in [2.05, 4.69) is 20.7 Å². The van der Waals surface area contributed by atoms with Crippen LogP contribution in [0.25, 0.3) is 0 Å². The molecule has 0 saturated heterocycles. The van der Waals surface area contributed by atoms with Crippen molar-refractivity contribution in [2.75, 3.05) is 20.6 Å². The molecule has 0 bridgehead atoms. The summed E-state index contributed by atoms with van der Waals surface area (Å²) in [6.07, 6.45) is 0.781. The van der Waals surface area contributed by atoms with E-state index >= 15 is 0 Å². The summed E-state index contributed by atoms with van der Waals surface area (Å²) in [7, 11) is 0.523. The molecule has 0 fully saturated rings. The molecule has 18 heavy (non-hydrogen) atoms. The smallest absolute Gasteiger partial charge is 0.240 e. The lowest BCUT2D eigenvalue weighted by molar-refractivity contribution is 0.379. The fraction of sp³-hybridized carbons (Fsp3) is 0.500. The van der Waals surface area contributed by atoms with Gasteiger partial charge in [-0.1, -0.05) is 15.9 Å². The van der Waals surface area contributed by atoms with Crippen LogP contribution < -0.4 is 4.72 Å². The number of nitrogens with one attached hydrogen (secondary N) is 1. The molecule has 0 radical (unpaired) electrons. The molecule has 0 saturated carbocycles. The van der Waals surface area contributed by atoms with Crippen LogP contribution in [0, 0.1) is 0 Å². The van der Waals surface area contributed by atoms with E-state index in [1.807, 2.05) is 25.9 Å². The van der Waals surface area contributed by atoms with Crippen LogP contribution in [-0.4, -0.2) is 40.0 Å². The van der Waals surface area contributed by atoms with Crippen LogP contribution in [0.15, 0.2) is 33.6 Å². The number of hydrogen-bond donors (Lipinski definition) is 1. The van der Waals surface area contributed by atoms with Crippen molar-refractivity contribution >= 4 is 26.0 Å². The Morgan fingerprint density at radius 2 is 1.83 bits per heavy atom. The van der Waals surface area contributed by atoms with E-state index in [1.165, 1.54) is 0 Å². The van der Waals surface area contributed by atoms with E-state index in [9.17, 15) is 8.42 Å². The molecule has 1 aromatic rings.